The molecule has 1 saturated carbocycles. The molecule has 0 heterocycles. The molecule has 0 saturated heterocycles. The van der Waals surface area contributed by atoms with E-state index in [-0.39, 0.29) is 6.61 Å². The molecule has 0 atom stereocenters. The van der Waals surface area contributed by atoms with Gasteiger partial charge in [0.2, 0.25) is 0 Å². The third-order valence-corrected chi connectivity index (χ3v) is 4.28. The zero-order chi connectivity index (χ0) is 14.9. The first-order valence-corrected chi connectivity index (χ1v) is 7.90. The van der Waals surface area contributed by atoms with Gasteiger partial charge in [0, 0.05) is 5.54 Å². The van der Waals surface area contributed by atoms with Gasteiger partial charge in [-0.05, 0) is 12.8 Å². The number of aliphatic hydroxyl groups is 1. The smallest absolute Gasteiger partial charge is 0.394 e. The van der Waals surface area contributed by atoms with Crippen LogP contribution in [0, 0.1) is 0 Å². The van der Waals surface area contributed by atoms with Crippen LogP contribution in [0.4, 0.5) is 13.2 Å². The first-order chi connectivity index (χ1) is 9.47. The molecule has 1 aliphatic carbocycles. The average molecular weight is 295 g/mol. The number of aliphatic hydroxyl groups excluding tert-OH is 1. The van der Waals surface area contributed by atoms with Crippen molar-refractivity contribution in [3.05, 3.63) is 0 Å². The SMILES string of the molecule is OCC1(NCC(F)(F)F)CCCCCCCCCCC1. The summed E-state index contributed by atoms with van der Waals surface area (Å²) < 4.78 is 37.3. The summed E-state index contributed by atoms with van der Waals surface area (Å²) in [5.41, 5.74) is -0.741. The lowest BCUT2D eigenvalue weighted by atomic mass is 9.86. The van der Waals surface area contributed by atoms with E-state index < -0.39 is 18.3 Å². The van der Waals surface area contributed by atoms with Gasteiger partial charge >= 0.3 is 6.18 Å². The van der Waals surface area contributed by atoms with Gasteiger partial charge in [0.15, 0.2) is 0 Å². The van der Waals surface area contributed by atoms with Crippen LogP contribution >= 0.6 is 0 Å². The summed E-state index contributed by atoms with van der Waals surface area (Å²) in [7, 11) is 0. The highest BCUT2D eigenvalue weighted by molar-refractivity contribution is 4.88. The quantitative estimate of drug-likeness (QED) is 0.819. The van der Waals surface area contributed by atoms with Crippen molar-refractivity contribution >= 4 is 0 Å². The topological polar surface area (TPSA) is 32.3 Å². The van der Waals surface area contributed by atoms with Crippen LogP contribution in [0.1, 0.15) is 70.6 Å². The lowest BCUT2D eigenvalue weighted by Crippen LogP contribution is -2.51. The highest BCUT2D eigenvalue weighted by Gasteiger charge is 2.34. The van der Waals surface area contributed by atoms with E-state index in [9.17, 15) is 18.3 Å². The zero-order valence-corrected chi connectivity index (χ0v) is 12.3. The van der Waals surface area contributed by atoms with Crippen molar-refractivity contribution in [2.45, 2.75) is 82.3 Å². The fraction of sp³-hybridized carbons (Fsp3) is 1.00. The number of hydrogen-bond donors (Lipinski definition) is 2. The normalized spacial score (nSPS) is 22.8. The van der Waals surface area contributed by atoms with Gasteiger partial charge in [0.25, 0.3) is 0 Å². The summed E-state index contributed by atoms with van der Waals surface area (Å²) in [5.74, 6) is 0. The molecule has 0 spiro atoms. The maximum atomic E-state index is 12.4. The minimum Gasteiger partial charge on any atom is -0.394 e. The Kier molecular flexibility index (Phi) is 7.88. The first-order valence-electron chi connectivity index (χ1n) is 7.90. The molecule has 0 radical (unpaired) electrons. The second kappa shape index (κ2) is 8.88. The first kappa shape index (κ1) is 17.8. The molecule has 0 aromatic heterocycles. The van der Waals surface area contributed by atoms with Crippen LogP contribution in [-0.2, 0) is 0 Å². The average Bonchev–Trinajstić information content (AvgIpc) is 2.38. The number of alkyl halides is 3. The predicted octanol–water partition coefficient (Wildman–Crippen LogP) is 4.17. The molecule has 0 unspecified atom stereocenters. The van der Waals surface area contributed by atoms with Gasteiger partial charge in [0.1, 0.15) is 0 Å². The Hall–Kier alpha value is -0.290. The Morgan fingerprint density at radius 2 is 1.20 bits per heavy atom. The Bertz CT molecular complexity index is 244. The highest BCUT2D eigenvalue weighted by Crippen LogP contribution is 2.26. The van der Waals surface area contributed by atoms with Crippen LogP contribution in [0.3, 0.4) is 0 Å². The lowest BCUT2D eigenvalue weighted by molar-refractivity contribution is -0.130. The molecule has 5 heteroatoms. The number of nitrogens with one attached hydrogen (secondary N) is 1. The van der Waals surface area contributed by atoms with Gasteiger partial charge in [-0.2, -0.15) is 13.2 Å². The van der Waals surface area contributed by atoms with Crippen molar-refractivity contribution in [2.75, 3.05) is 13.2 Å². The van der Waals surface area contributed by atoms with Gasteiger partial charge in [-0.25, -0.2) is 0 Å². The van der Waals surface area contributed by atoms with Crippen molar-refractivity contribution in [1.82, 2.24) is 5.32 Å². The van der Waals surface area contributed by atoms with Gasteiger partial charge in [-0.3, -0.25) is 0 Å². The Balaban J connectivity index is 2.55. The van der Waals surface area contributed by atoms with E-state index in [1.165, 1.54) is 19.3 Å². The third kappa shape index (κ3) is 7.48. The summed E-state index contributed by atoms with van der Waals surface area (Å²) in [6.45, 7) is -1.21. The van der Waals surface area contributed by atoms with Crippen molar-refractivity contribution in [3.8, 4) is 0 Å². The van der Waals surface area contributed by atoms with Gasteiger partial charge in [-0.1, -0.05) is 57.8 Å². The molecule has 2 nitrogen and oxygen atoms in total. The summed E-state index contributed by atoms with van der Waals surface area (Å²) in [5, 5.41) is 12.2. The molecular formula is C15H28F3NO. The minimum absolute atomic E-state index is 0.205. The van der Waals surface area contributed by atoms with Crippen molar-refractivity contribution in [3.63, 3.8) is 0 Å². The third-order valence-electron chi connectivity index (χ3n) is 4.28. The molecular weight excluding hydrogens is 267 g/mol. The predicted molar refractivity (Wildman–Crippen MR) is 74.7 cm³/mol. The second-order valence-corrected chi connectivity index (χ2v) is 6.09. The minimum atomic E-state index is -4.22. The second-order valence-electron chi connectivity index (χ2n) is 6.09. The summed E-state index contributed by atoms with van der Waals surface area (Å²) >= 11 is 0. The van der Waals surface area contributed by atoms with Crippen molar-refractivity contribution in [1.29, 1.82) is 0 Å². The fourth-order valence-corrected chi connectivity index (χ4v) is 2.97. The molecule has 0 aliphatic heterocycles. The van der Waals surface area contributed by atoms with E-state index in [1.807, 2.05) is 0 Å². The molecule has 1 rings (SSSR count). The molecule has 0 bridgehead atoms. The highest BCUT2D eigenvalue weighted by atomic mass is 19.4. The molecule has 1 fully saturated rings. The Morgan fingerprint density at radius 3 is 1.55 bits per heavy atom. The molecule has 120 valence electrons. The van der Waals surface area contributed by atoms with Crippen molar-refractivity contribution < 1.29 is 18.3 Å². The summed E-state index contributed by atoms with van der Waals surface area (Å²) in [6.07, 6.45) is 6.98. The van der Waals surface area contributed by atoms with Crippen LogP contribution in [0.25, 0.3) is 0 Å². The van der Waals surface area contributed by atoms with Crippen LogP contribution in [-0.4, -0.2) is 30.0 Å². The van der Waals surface area contributed by atoms with Crippen LogP contribution < -0.4 is 5.32 Å². The summed E-state index contributed by atoms with van der Waals surface area (Å²) in [6, 6.07) is 0. The number of rotatable bonds is 3. The Labute approximate surface area is 120 Å². The van der Waals surface area contributed by atoms with E-state index in [0.717, 1.165) is 38.5 Å². The number of hydrogen-bond acceptors (Lipinski definition) is 2. The van der Waals surface area contributed by atoms with Crippen LogP contribution in [0.15, 0.2) is 0 Å². The van der Waals surface area contributed by atoms with Crippen molar-refractivity contribution in [2.24, 2.45) is 0 Å². The van der Waals surface area contributed by atoms with E-state index >= 15 is 0 Å². The standard InChI is InChI=1S/C15H28F3NO/c16-15(17,18)12-19-14(13-20)10-8-6-4-2-1-3-5-7-9-11-14/h19-20H,1-13H2. The van der Waals surface area contributed by atoms with Gasteiger partial charge < -0.3 is 10.4 Å². The van der Waals surface area contributed by atoms with Gasteiger partial charge in [0.05, 0.1) is 13.2 Å². The van der Waals surface area contributed by atoms with E-state index in [4.69, 9.17) is 0 Å². The largest absolute Gasteiger partial charge is 0.401 e. The number of halogens is 3. The molecule has 0 aromatic rings. The lowest BCUT2D eigenvalue weighted by Gasteiger charge is -2.34. The zero-order valence-electron chi connectivity index (χ0n) is 12.3. The molecule has 1 aliphatic rings. The summed E-state index contributed by atoms with van der Waals surface area (Å²) in [4.78, 5) is 0. The maximum absolute atomic E-state index is 12.4. The fourth-order valence-electron chi connectivity index (χ4n) is 2.97. The van der Waals surface area contributed by atoms with Crippen LogP contribution in [0.2, 0.25) is 0 Å². The maximum Gasteiger partial charge on any atom is 0.401 e. The Morgan fingerprint density at radius 1 is 0.800 bits per heavy atom. The molecule has 2 N–H and O–H groups in total. The molecule has 20 heavy (non-hydrogen) atoms. The van der Waals surface area contributed by atoms with Crippen LogP contribution in [0.5, 0.6) is 0 Å². The monoisotopic (exact) mass is 295 g/mol. The van der Waals surface area contributed by atoms with E-state index in [1.54, 1.807) is 0 Å². The molecule has 0 aromatic carbocycles. The van der Waals surface area contributed by atoms with E-state index in [0.29, 0.717) is 12.8 Å². The van der Waals surface area contributed by atoms with E-state index in [2.05, 4.69) is 5.32 Å². The molecule has 0 amide bonds. The van der Waals surface area contributed by atoms with Gasteiger partial charge in [-0.15, -0.1) is 0 Å².